The topological polar surface area (TPSA) is 117 Å². The highest BCUT2D eigenvalue weighted by Gasteiger charge is 2.35. The van der Waals surface area contributed by atoms with Gasteiger partial charge in [-0.3, -0.25) is 4.79 Å². The lowest BCUT2D eigenvalue weighted by molar-refractivity contribution is -0.121. The smallest absolute Gasteiger partial charge is 0.264 e. The summed E-state index contributed by atoms with van der Waals surface area (Å²) in [6, 6.07) is 22.6. The number of carbonyl (C=O) groups is 1. The lowest BCUT2D eigenvalue weighted by Gasteiger charge is -2.24. The molecule has 1 amide bonds. The van der Waals surface area contributed by atoms with Crippen molar-refractivity contribution in [2.24, 2.45) is 15.8 Å². The van der Waals surface area contributed by atoms with Crippen LogP contribution < -0.4 is 10.5 Å². The van der Waals surface area contributed by atoms with Crippen LogP contribution in [-0.2, 0) is 14.8 Å². The van der Waals surface area contributed by atoms with Gasteiger partial charge in [-0.2, -0.15) is 5.10 Å². The van der Waals surface area contributed by atoms with Crippen molar-refractivity contribution in [2.75, 3.05) is 6.54 Å². The van der Waals surface area contributed by atoms with Crippen LogP contribution in [0.5, 0.6) is 0 Å². The van der Waals surface area contributed by atoms with Gasteiger partial charge in [0.25, 0.3) is 10.0 Å². The molecule has 1 aliphatic rings. The molecule has 0 aromatic heterocycles. The molecule has 3 aromatic carbocycles. The number of sulfonamides is 1. The SMILES string of the molecule is CC(C)(N=C(NS(=O)(=O)c1ccc(Cl)cc1)N1CC(c2ccccc2)C(c2ccc(Cl)cc2)=N1)C(N)=O. The number of halogens is 2. The number of carbonyl (C=O) groups excluding carboxylic acids is 1. The molecule has 1 unspecified atom stereocenters. The van der Waals surface area contributed by atoms with Crippen LogP contribution in [0.25, 0.3) is 0 Å². The van der Waals surface area contributed by atoms with Gasteiger partial charge in [-0.05, 0) is 61.4 Å². The zero-order chi connectivity index (χ0) is 26.8. The summed E-state index contributed by atoms with van der Waals surface area (Å²) in [7, 11) is -4.10. The summed E-state index contributed by atoms with van der Waals surface area (Å²) in [5, 5.41) is 7.18. The van der Waals surface area contributed by atoms with Crippen molar-refractivity contribution in [1.29, 1.82) is 0 Å². The van der Waals surface area contributed by atoms with Crippen LogP contribution in [0.4, 0.5) is 0 Å². The average Bonchev–Trinajstić information content (AvgIpc) is 3.30. The van der Waals surface area contributed by atoms with E-state index < -0.39 is 21.5 Å². The zero-order valence-electron chi connectivity index (χ0n) is 20.1. The number of hydrogen-bond donors (Lipinski definition) is 2. The van der Waals surface area contributed by atoms with Gasteiger partial charge in [-0.1, -0.05) is 65.7 Å². The van der Waals surface area contributed by atoms with Crippen LogP contribution >= 0.6 is 23.2 Å². The molecule has 0 aliphatic carbocycles. The molecule has 192 valence electrons. The van der Waals surface area contributed by atoms with Crippen molar-refractivity contribution in [3.8, 4) is 0 Å². The maximum atomic E-state index is 13.3. The molecule has 11 heteroatoms. The Morgan fingerprint density at radius 2 is 1.57 bits per heavy atom. The van der Waals surface area contributed by atoms with Crippen LogP contribution in [0.2, 0.25) is 10.0 Å². The molecule has 1 aliphatic heterocycles. The standard InChI is InChI=1S/C26H25Cl2N5O3S/c1-26(2,24(29)34)30-25(32-37(35,36)21-14-12-20(28)13-15-21)33-16-22(17-6-4-3-5-7-17)23(31-33)18-8-10-19(27)11-9-18/h3-15,22H,16H2,1-2H3,(H2,29,34)(H,30,32). The van der Waals surface area contributed by atoms with E-state index in [1.54, 1.807) is 12.1 Å². The summed E-state index contributed by atoms with van der Waals surface area (Å²) in [5.74, 6) is -1.08. The first-order chi connectivity index (χ1) is 17.5. The molecule has 0 spiro atoms. The lowest BCUT2D eigenvalue weighted by Crippen LogP contribution is -2.46. The number of hydrazone groups is 1. The molecule has 8 nitrogen and oxygen atoms in total. The van der Waals surface area contributed by atoms with Crippen LogP contribution in [0.15, 0.2) is 93.9 Å². The Kier molecular flexibility index (Phi) is 7.59. The Labute approximate surface area is 225 Å². The minimum Gasteiger partial charge on any atom is -0.368 e. The highest BCUT2D eigenvalue weighted by molar-refractivity contribution is 7.90. The first-order valence-corrected chi connectivity index (χ1v) is 13.6. The number of benzene rings is 3. The van der Waals surface area contributed by atoms with Crippen molar-refractivity contribution in [1.82, 2.24) is 9.73 Å². The first-order valence-electron chi connectivity index (χ1n) is 11.3. The number of hydrogen-bond acceptors (Lipinski definition) is 5. The summed E-state index contributed by atoms with van der Waals surface area (Å²) in [6.07, 6.45) is 0. The quantitative estimate of drug-likeness (QED) is 0.345. The van der Waals surface area contributed by atoms with E-state index in [4.69, 9.17) is 34.0 Å². The van der Waals surface area contributed by atoms with Crippen molar-refractivity contribution < 1.29 is 13.2 Å². The third-order valence-corrected chi connectivity index (χ3v) is 7.69. The molecule has 0 bridgehead atoms. The normalized spacial score (nSPS) is 16.4. The molecular weight excluding hydrogens is 533 g/mol. The predicted octanol–water partition coefficient (Wildman–Crippen LogP) is 4.40. The number of rotatable bonds is 6. The van der Waals surface area contributed by atoms with Crippen molar-refractivity contribution in [3.63, 3.8) is 0 Å². The van der Waals surface area contributed by atoms with Gasteiger partial charge in [0.15, 0.2) is 0 Å². The fraction of sp³-hybridized carbons (Fsp3) is 0.192. The second-order valence-corrected chi connectivity index (χ2v) is 11.5. The Morgan fingerprint density at radius 3 is 2.14 bits per heavy atom. The zero-order valence-corrected chi connectivity index (χ0v) is 22.4. The van der Waals surface area contributed by atoms with E-state index in [0.29, 0.717) is 15.8 Å². The van der Waals surface area contributed by atoms with Gasteiger partial charge in [-0.15, -0.1) is 0 Å². The first kappa shape index (κ1) is 26.7. The fourth-order valence-corrected chi connectivity index (χ4v) is 4.96. The molecule has 1 atom stereocenters. The van der Waals surface area contributed by atoms with Gasteiger partial charge in [0, 0.05) is 16.0 Å². The highest BCUT2D eigenvalue weighted by atomic mass is 35.5. The maximum Gasteiger partial charge on any atom is 0.264 e. The van der Waals surface area contributed by atoms with Crippen molar-refractivity contribution in [3.05, 3.63) is 100 Å². The van der Waals surface area contributed by atoms with Crippen LogP contribution in [-0.4, -0.2) is 43.1 Å². The Morgan fingerprint density at radius 1 is 1.00 bits per heavy atom. The van der Waals surface area contributed by atoms with E-state index in [-0.39, 0.29) is 23.3 Å². The largest absolute Gasteiger partial charge is 0.368 e. The molecule has 0 fully saturated rings. The number of primary amides is 1. The number of nitrogens with one attached hydrogen (secondary N) is 1. The van der Waals surface area contributed by atoms with Crippen molar-refractivity contribution >= 4 is 50.8 Å². The number of amides is 1. The second-order valence-electron chi connectivity index (χ2n) is 8.96. The van der Waals surface area contributed by atoms with E-state index in [9.17, 15) is 13.2 Å². The third-order valence-electron chi connectivity index (χ3n) is 5.84. The summed E-state index contributed by atoms with van der Waals surface area (Å²) >= 11 is 12.0. The average molecular weight is 558 g/mol. The van der Waals surface area contributed by atoms with Gasteiger partial charge >= 0.3 is 0 Å². The predicted molar refractivity (Wildman–Crippen MR) is 146 cm³/mol. The van der Waals surface area contributed by atoms with Gasteiger partial charge < -0.3 is 5.73 Å². The number of nitrogens with zero attached hydrogens (tertiary/aromatic N) is 3. The molecule has 3 aromatic rings. The van der Waals surface area contributed by atoms with Crippen LogP contribution in [0.3, 0.4) is 0 Å². The Balaban J connectivity index is 1.80. The van der Waals surface area contributed by atoms with Crippen LogP contribution in [0.1, 0.15) is 30.9 Å². The van der Waals surface area contributed by atoms with Crippen molar-refractivity contribution in [2.45, 2.75) is 30.2 Å². The Hall–Kier alpha value is -3.40. The molecule has 3 N–H and O–H groups in total. The molecule has 0 saturated carbocycles. The van der Waals surface area contributed by atoms with E-state index in [2.05, 4.69) is 9.71 Å². The molecule has 4 rings (SSSR count). The number of guanidine groups is 1. The summed E-state index contributed by atoms with van der Waals surface area (Å²) in [4.78, 5) is 16.5. The van der Waals surface area contributed by atoms with Gasteiger partial charge in [-0.25, -0.2) is 23.1 Å². The molecule has 0 saturated heterocycles. The number of aliphatic imine (C=N–C) groups is 1. The Bertz CT molecular complexity index is 1460. The highest BCUT2D eigenvalue weighted by Crippen LogP contribution is 2.30. The van der Waals surface area contributed by atoms with Gasteiger partial charge in [0.1, 0.15) is 5.54 Å². The molecular formula is C26H25Cl2N5O3S. The fourth-order valence-electron chi connectivity index (χ4n) is 3.71. The second kappa shape index (κ2) is 10.5. The van der Waals surface area contributed by atoms with E-state index >= 15 is 0 Å². The molecule has 0 radical (unpaired) electrons. The van der Waals surface area contributed by atoms with E-state index in [0.717, 1.165) is 11.1 Å². The van der Waals surface area contributed by atoms with Crippen LogP contribution in [0, 0.1) is 0 Å². The third kappa shape index (κ3) is 6.12. The maximum absolute atomic E-state index is 13.3. The minimum absolute atomic E-state index is 0.0257. The summed E-state index contributed by atoms with van der Waals surface area (Å²) in [5.41, 5.74) is 6.62. The monoisotopic (exact) mass is 557 g/mol. The van der Waals surface area contributed by atoms with Gasteiger partial charge in [0.2, 0.25) is 11.9 Å². The minimum atomic E-state index is -4.10. The summed E-state index contributed by atoms with van der Waals surface area (Å²) in [6.45, 7) is 3.26. The van der Waals surface area contributed by atoms with E-state index in [1.807, 2.05) is 42.5 Å². The van der Waals surface area contributed by atoms with Gasteiger partial charge in [0.05, 0.1) is 17.2 Å². The van der Waals surface area contributed by atoms with E-state index in [1.165, 1.54) is 43.1 Å². The number of nitrogens with two attached hydrogens (primary N) is 1. The lowest BCUT2D eigenvalue weighted by atomic mass is 9.91. The molecule has 1 heterocycles. The summed E-state index contributed by atoms with van der Waals surface area (Å²) < 4.78 is 29.0. The molecule has 37 heavy (non-hydrogen) atoms.